The zero-order chi connectivity index (χ0) is 12.7. The molecule has 0 aromatic carbocycles. The fourth-order valence-electron chi connectivity index (χ4n) is 3.06. The summed E-state index contributed by atoms with van der Waals surface area (Å²) in [5, 5.41) is 6.03. The van der Waals surface area contributed by atoms with Gasteiger partial charge in [0, 0.05) is 23.8 Å². The van der Waals surface area contributed by atoms with Crippen molar-refractivity contribution in [1.29, 1.82) is 0 Å². The van der Waals surface area contributed by atoms with Crippen LogP contribution in [-0.2, 0) is 26.3 Å². The molecule has 18 heavy (non-hydrogen) atoms. The second kappa shape index (κ2) is 4.38. The Labute approximate surface area is 108 Å². The maximum absolute atomic E-state index is 4.63. The first-order chi connectivity index (χ1) is 8.66. The van der Waals surface area contributed by atoms with Gasteiger partial charge in [0.05, 0.1) is 6.20 Å². The third-order valence-corrected chi connectivity index (χ3v) is 3.88. The molecule has 3 nitrogen and oxygen atoms in total. The van der Waals surface area contributed by atoms with Crippen molar-refractivity contribution < 1.29 is 0 Å². The molecule has 0 amide bonds. The van der Waals surface area contributed by atoms with Gasteiger partial charge in [-0.2, -0.15) is 5.10 Å². The molecular weight excluding hydrogens is 222 g/mol. The average molecular weight is 243 g/mol. The number of aryl methyl sites for hydroxylation is 3. The van der Waals surface area contributed by atoms with Crippen molar-refractivity contribution >= 4 is 10.9 Å². The van der Waals surface area contributed by atoms with Gasteiger partial charge in [-0.25, -0.2) is 0 Å². The predicted molar refractivity (Wildman–Crippen MR) is 73.7 cm³/mol. The van der Waals surface area contributed by atoms with Gasteiger partial charge in [0.25, 0.3) is 0 Å². The number of hydrogen-bond donors (Lipinski definition) is 0. The topological polar surface area (TPSA) is 30.7 Å². The smallest absolute Gasteiger partial charge is 0.111 e. The van der Waals surface area contributed by atoms with Gasteiger partial charge in [0.2, 0.25) is 0 Å². The molecule has 3 rings (SSSR count). The van der Waals surface area contributed by atoms with Crippen LogP contribution >= 0.6 is 0 Å². The van der Waals surface area contributed by atoms with Gasteiger partial charge in [-0.1, -0.05) is 13.8 Å². The Kier molecular flexibility index (Phi) is 2.84. The molecule has 0 atom stereocenters. The highest BCUT2D eigenvalue weighted by Gasteiger charge is 2.19. The zero-order valence-corrected chi connectivity index (χ0v) is 11.5. The minimum atomic E-state index is 0.663. The highest BCUT2D eigenvalue weighted by atomic mass is 15.3. The van der Waals surface area contributed by atoms with E-state index in [2.05, 4.69) is 35.7 Å². The number of rotatable bonds is 2. The Bertz CT molecular complexity index is 581. The maximum Gasteiger partial charge on any atom is 0.111 e. The number of pyridine rings is 1. The van der Waals surface area contributed by atoms with Crippen molar-refractivity contribution in [1.82, 2.24) is 14.8 Å². The molecule has 0 saturated heterocycles. The molecule has 0 fully saturated rings. The summed E-state index contributed by atoms with van der Waals surface area (Å²) in [5.74, 6) is 0.663. The lowest BCUT2D eigenvalue weighted by atomic mass is 9.91. The van der Waals surface area contributed by atoms with Gasteiger partial charge in [0.15, 0.2) is 0 Å². The Morgan fingerprint density at radius 1 is 1.28 bits per heavy atom. The summed E-state index contributed by atoms with van der Waals surface area (Å²) in [5.41, 5.74) is 5.25. The van der Waals surface area contributed by atoms with Gasteiger partial charge in [-0.3, -0.25) is 9.67 Å². The lowest BCUT2D eigenvalue weighted by Gasteiger charge is -2.16. The van der Waals surface area contributed by atoms with Crippen molar-refractivity contribution in [2.24, 2.45) is 13.0 Å². The van der Waals surface area contributed by atoms with E-state index in [4.69, 9.17) is 0 Å². The van der Waals surface area contributed by atoms with E-state index in [0.717, 1.165) is 18.4 Å². The van der Waals surface area contributed by atoms with E-state index in [-0.39, 0.29) is 0 Å². The minimum Gasteiger partial charge on any atom is -0.271 e. The lowest BCUT2D eigenvalue weighted by molar-refractivity contribution is 0.599. The lowest BCUT2D eigenvalue weighted by Crippen LogP contribution is -2.07. The third kappa shape index (κ3) is 1.82. The Hall–Kier alpha value is -1.38. The summed E-state index contributed by atoms with van der Waals surface area (Å²) in [6.07, 6.45) is 7.96. The van der Waals surface area contributed by atoms with E-state index < -0.39 is 0 Å². The highest BCUT2D eigenvalue weighted by Crippen LogP contribution is 2.30. The summed E-state index contributed by atoms with van der Waals surface area (Å²) < 4.78 is 2.06. The number of aromatic nitrogens is 3. The van der Waals surface area contributed by atoms with Crippen LogP contribution in [0.1, 0.15) is 43.6 Å². The molecular formula is C15H21N3. The van der Waals surface area contributed by atoms with Crippen LogP contribution in [0.4, 0.5) is 0 Å². The standard InChI is InChI=1S/C15H21N3/c1-10(2)8-14-15-11-6-4-5-7-12(11)16-9-13(15)17-18(14)3/h9-10H,4-8H2,1-3H3. The first-order valence-electron chi connectivity index (χ1n) is 6.99. The van der Waals surface area contributed by atoms with Crippen molar-refractivity contribution in [3.63, 3.8) is 0 Å². The summed E-state index contributed by atoms with van der Waals surface area (Å²) in [6.45, 7) is 4.54. The van der Waals surface area contributed by atoms with E-state index in [9.17, 15) is 0 Å². The predicted octanol–water partition coefficient (Wildman–Crippen LogP) is 3.05. The molecule has 96 valence electrons. The van der Waals surface area contributed by atoms with Crippen molar-refractivity contribution in [3.8, 4) is 0 Å². The van der Waals surface area contributed by atoms with Crippen molar-refractivity contribution in [3.05, 3.63) is 23.1 Å². The zero-order valence-electron chi connectivity index (χ0n) is 11.5. The van der Waals surface area contributed by atoms with Gasteiger partial charge < -0.3 is 0 Å². The molecule has 2 aromatic rings. The van der Waals surface area contributed by atoms with Crippen LogP contribution in [0.3, 0.4) is 0 Å². The molecule has 0 spiro atoms. The van der Waals surface area contributed by atoms with E-state index in [1.54, 1.807) is 0 Å². The quantitative estimate of drug-likeness (QED) is 0.811. The fourth-order valence-corrected chi connectivity index (χ4v) is 3.06. The van der Waals surface area contributed by atoms with Crippen LogP contribution in [0.2, 0.25) is 0 Å². The van der Waals surface area contributed by atoms with Crippen LogP contribution < -0.4 is 0 Å². The SMILES string of the molecule is CC(C)Cc1c2c3c(ncc2nn1C)CCCC3. The molecule has 0 saturated carbocycles. The molecule has 0 unspecified atom stereocenters. The van der Waals surface area contributed by atoms with E-state index in [1.165, 1.54) is 41.6 Å². The summed E-state index contributed by atoms with van der Waals surface area (Å²) in [6, 6.07) is 0. The first kappa shape index (κ1) is 11.7. The van der Waals surface area contributed by atoms with Crippen molar-refractivity contribution in [2.45, 2.75) is 46.0 Å². The second-order valence-electron chi connectivity index (χ2n) is 5.82. The molecule has 1 aliphatic carbocycles. The Balaban J connectivity index is 2.24. The number of fused-ring (bicyclic) bond motifs is 3. The first-order valence-corrected chi connectivity index (χ1v) is 6.99. The molecule has 0 radical (unpaired) electrons. The third-order valence-electron chi connectivity index (χ3n) is 3.88. The summed E-state index contributed by atoms with van der Waals surface area (Å²) in [7, 11) is 2.06. The molecule has 0 N–H and O–H groups in total. The minimum absolute atomic E-state index is 0.663. The Morgan fingerprint density at radius 3 is 2.83 bits per heavy atom. The van der Waals surface area contributed by atoms with Crippen LogP contribution in [0.5, 0.6) is 0 Å². The second-order valence-corrected chi connectivity index (χ2v) is 5.82. The highest BCUT2D eigenvalue weighted by molar-refractivity contribution is 5.85. The van der Waals surface area contributed by atoms with Gasteiger partial charge in [-0.15, -0.1) is 0 Å². The molecule has 3 heteroatoms. The monoisotopic (exact) mass is 243 g/mol. The van der Waals surface area contributed by atoms with Crippen LogP contribution in [0.15, 0.2) is 6.20 Å². The van der Waals surface area contributed by atoms with Gasteiger partial charge in [-0.05, 0) is 43.6 Å². The van der Waals surface area contributed by atoms with Gasteiger partial charge in [0.1, 0.15) is 5.52 Å². The largest absolute Gasteiger partial charge is 0.271 e. The molecule has 2 aromatic heterocycles. The average Bonchev–Trinajstić information content (AvgIpc) is 2.66. The number of nitrogens with zero attached hydrogens (tertiary/aromatic N) is 3. The Morgan fingerprint density at radius 2 is 2.06 bits per heavy atom. The molecule has 0 bridgehead atoms. The molecule has 1 aliphatic rings. The summed E-state index contributed by atoms with van der Waals surface area (Å²) >= 11 is 0. The van der Waals surface area contributed by atoms with E-state index in [0.29, 0.717) is 5.92 Å². The van der Waals surface area contributed by atoms with Gasteiger partial charge >= 0.3 is 0 Å². The van der Waals surface area contributed by atoms with Crippen LogP contribution in [-0.4, -0.2) is 14.8 Å². The van der Waals surface area contributed by atoms with Crippen molar-refractivity contribution in [2.75, 3.05) is 0 Å². The van der Waals surface area contributed by atoms with Crippen LogP contribution in [0, 0.1) is 5.92 Å². The fraction of sp³-hybridized carbons (Fsp3) is 0.600. The number of hydrogen-bond acceptors (Lipinski definition) is 2. The maximum atomic E-state index is 4.63. The van der Waals surface area contributed by atoms with Crippen LogP contribution in [0.25, 0.3) is 10.9 Å². The normalized spacial score (nSPS) is 15.3. The molecule has 0 aliphatic heterocycles. The van der Waals surface area contributed by atoms with E-state index >= 15 is 0 Å². The summed E-state index contributed by atoms with van der Waals surface area (Å²) in [4.78, 5) is 4.61. The van der Waals surface area contributed by atoms with E-state index in [1.807, 2.05) is 6.20 Å². The molecule has 2 heterocycles.